The lowest BCUT2D eigenvalue weighted by molar-refractivity contribution is -0.137. The Hall–Kier alpha value is -8.85. The van der Waals surface area contributed by atoms with E-state index in [9.17, 15) is 68.1 Å². The molecule has 1 heterocycles. The summed E-state index contributed by atoms with van der Waals surface area (Å²) in [5, 5.41) is 57.0. The largest absolute Gasteiger partial charge is 0.508 e. The Morgan fingerprint density at radius 2 is 1.20 bits per heavy atom. The number of phenols is 1. The number of hydrazine groups is 1. The van der Waals surface area contributed by atoms with E-state index in [0.29, 0.717) is 35.3 Å². The van der Waals surface area contributed by atoms with E-state index in [1.807, 2.05) is 42.5 Å². The van der Waals surface area contributed by atoms with Gasteiger partial charge in [0, 0.05) is 38.1 Å². The first-order valence-corrected chi connectivity index (χ1v) is 33.8. The van der Waals surface area contributed by atoms with E-state index < -0.39 is 151 Å². The molecule has 0 aromatic heterocycles. The molecule has 11 atom stereocenters. The van der Waals surface area contributed by atoms with Gasteiger partial charge in [-0.1, -0.05) is 117 Å². The molecule has 528 valence electrons. The highest BCUT2D eigenvalue weighted by Crippen LogP contribution is 2.16. The number of carbonyl (C=O) groups excluding carboxylic acids is 11. The predicted molar refractivity (Wildman–Crippen MR) is 364 cm³/mol. The molecule has 4 aromatic rings. The Bertz CT molecular complexity index is 3220. The Kier molecular flexibility index (Phi) is 34.1. The van der Waals surface area contributed by atoms with Crippen molar-refractivity contribution in [1.29, 1.82) is 0 Å². The van der Waals surface area contributed by atoms with Gasteiger partial charge in [-0.2, -0.15) is 24.4 Å². The molecule has 12 amide bonds. The number of nitrogens with one attached hydrogen (secondary N) is 12. The Labute approximate surface area is 572 Å². The number of aliphatic hydroxyl groups excluding tert-OH is 2. The smallest absolute Gasteiger partial charge is 0.333 e. The lowest BCUT2D eigenvalue weighted by Gasteiger charge is -2.29. The molecule has 0 saturated carbocycles. The molecule has 1 aliphatic heterocycles. The van der Waals surface area contributed by atoms with Crippen LogP contribution in [0.4, 0.5) is 4.79 Å². The van der Waals surface area contributed by atoms with Gasteiger partial charge in [0.1, 0.15) is 60.7 Å². The van der Waals surface area contributed by atoms with Crippen LogP contribution in [-0.4, -0.2) is 205 Å². The van der Waals surface area contributed by atoms with Gasteiger partial charge in [0.25, 0.3) is 5.91 Å². The van der Waals surface area contributed by atoms with Crippen LogP contribution in [0.25, 0.3) is 0 Å². The van der Waals surface area contributed by atoms with Gasteiger partial charge in [0.15, 0.2) is 0 Å². The minimum atomic E-state index is -1.98. The van der Waals surface area contributed by atoms with Gasteiger partial charge < -0.3 is 83.7 Å². The van der Waals surface area contributed by atoms with Crippen molar-refractivity contribution in [1.82, 2.24) is 64.0 Å². The summed E-state index contributed by atoms with van der Waals surface area (Å²) < 4.78 is 10.8. The quantitative estimate of drug-likeness (QED) is 0.0181. The Morgan fingerprint density at radius 1 is 0.639 bits per heavy atom. The first kappa shape index (κ1) is 78.8. The fourth-order valence-electron chi connectivity index (χ4n) is 9.74. The van der Waals surface area contributed by atoms with Crippen LogP contribution in [0.1, 0.15) is 61.4 Å². The van der Waals surface area contributed by atoms with Crippen LogP contribution in [0.3, 0.4) is 0 Å². The van der Waals surface area contributed by atoms with Crippen LogP contribution >= 0.6 is 24.4 Å². The summed E-state index contributed by atoms with van der Waals surface area (Å²) in [7, 11) is 0. The number of phenolic OH excluding ortho intramolecular Hbond substituents is 1. The number of urea groups is 1. The second-order valence-electron chi connectivity index (χ2n) is 23.1. The van der Waals surface area contributed by atoms with Crippen molar-refractivity contribution in [3.05, 3.63) is 137 Å². The lowest BCUT2D eigenvalue weighted by Crippen LogP contribution is -2.64. The van der Waals surface area contributed by atoms with Gasteiger partial charge in [-0.15, -0.1) is 0 Å². The summed E-state index contributed by atoms with van der Waals surface area (Å²) in [4.78, 5) is 154. The number of amides is 12. The number of nitrogens with two attached hydrogens (primary N) is 1. The molecule has 29 nitrogen and oxygen atoms in total. The number of benzene rings is 4. The topological polar surface area (TPSA) is 437 Å². The first-order valence-electron chi connectivity index (χ1n) is 31.8. The average molecular weight is 1390 g/mol. The van der Waals surface area contributed by atoms with E-state index in [4.69, 9.17) is 15.2 Å². The van der Waals surface area contributed by atoms with Crippen molar-refractivity contribution in [2.75, 3.05) is 63.9 Å². The number of aryl methyl sites for hydroxylation is 2. The SMILES string of the molecule is CCC(C)[C@@H]1NC(=O)[C@H](Cc2ccccc2)NC(=O)[C@H](Cc2ccc(CCc3ccccc3)cc2)NC(=O)[C@@H](NC(=O)[C@@H](NC(=O)[C@H](CO)NC(=O)[C@H](Cc2ccc(O)cc2)NC(=O)COCCOCCNC(=O)[C@@H](N)CS)C(C)O)CNC(=O)NNC(=O)[C@H](CCSC)NC1=O. The van der Waals surface area contributed by atoms with Crippen LogP contribution in [0, 0.1) is 5.92 Å². The zero-order chi connectivity index (χ0) is 70.8. The fraction of sp³-hybridized carbons (Fsp3) is 0.470. The van der Waals surface area contributed by atoms with E-state index >= 15 is 0 Å². The van der Waals surface area contributed by atoms with Gasteiger partial charge in [-0.25, -0.2) is 10.2 Å². The van der Waals surface area contributed by atoms with Crippen molar-refractivity contribution in [3.63, 3.8) is 0 Å². The van der Waals surface area contributed by atoms with Gasteiger partial charge in [-0.3, -0.25) is 53.4 Å². The number of hydrogen-bond donors (Lipinski definition) is 17. The summed E-state index contributed by atoms with van der Waals surface area (Å²) in [5.74, 6) is -9.16. The van der Waals surface area contributed by atoms with Crippen molar-refractivity contribution >= 4 is 89.5 Å². The maximum Gasteiger partial charge on any atom is 0.333 e. The molecule has 1 fully saturated rings. The second kappa shape index (κ2) is 42.0. The number of thiol groups is 1. The molecule has 5 rings (SSSR count). The van der Waals surface area contributed by atoms with Gasteiger partial charge in [-0.05, 0) is 84.1 Å². The van der Waals surface area contributed by atoms with Gasteiger partial charge in [0.05, 0.1) is 38.6 Å². The average Bonchev–Trinajstić information content (AvgIpc) is 1.28. The summed E-state index contributed by atoms with van der Waals surface area (Å²) >= 11 is 5.36. The highest BCUT2D eigenvalue weighted by Gasteiger charge is 2.38. The molecule has 0 spiro atoms. The van der Waals surface area contributed by atoms with Crippen LogP contribution in [0.5, 0.6) is 5.75 Å². The number of carbonyl (C=O) groups is 11. The number of hydrogen-bond acceptors (Lipinski definition) is 19. The molecule has 97 heavy (non-hydrogen) atoms. The summed E-state index contributed by atoms with van der Waals surface area (Å²) in [5.41, 5.74) is 13.7. The lowest BCUT2D eigenvalue weighted by atomic mass is 9.96. The molecular formula is C66H91N13O16S2. The summed E-state index contributed by atoms with van der Waals surface area (Å²) in [6, 6.07) is 16.9. The van der Waals surface area contributed by atoms with E-state index in [1.54, 1.807) is 62.6 Å². The second-order valence-corrected chi connectivity index (χ2v) is 24.5. The highest BCUT2D eigenvalue weighted by atomic mass is 32.2. The predicted octanol–water partition coefficient (Wildman–Crippen LogP) is -1.99. The molecule has 2 unspecified atom stereocenters. The minimum Gasteiger partial charge on any atom is -0.508 e. The van der Waals surface area contributed by atoms with E-state index in [1.165, 1.54) is 36.0 Å². The third kappa shape index (κ3) is 27.7. The number of rotatable bonds is 33. The Morgan fingerprint density at radius 3 is 1.80 bits per heavy atom. The van der Waals surface area contributed by atoms with Gasteiger partial charge in [0.2, 0.25) is 53.2 Å². The van der Waals surface area contributed by atoms with Crippen LogP contribution in [-0.2, 0) is 89.5 Å². The normalized spacial score (nSPS) is 19.2. The minimum absolute atomic E-state index is 0.0205. The number of ether oxygens (including phenoxy) is 2. The zero-order valence-electron chi connectivity index (χ0n) is 54.6. The summed E-state index contributed by atoms with van der Waals surface area (Å²) in [6.07, 6.45) is 1.33. The molecule has 31 heteroatoms. The summed E-state index contributed by atoms with van der Waals surface area (Å²) in [6.45, 7) is 2.38. The molecule has 17 N–H and O–H groups in total. The van der Waals surface area contributed by atoms with Crippen molar-refractivity contribution < 1.29 is 77.5 Å². The molecular weight excluding hydrogens is 1290 g/mol. The first-order chi connectivity index (χ1) is 46.5. The number of aromatic hydroxyl groups is 1. The zero-order valence-corrected chi connectivity index (χ0v) is 56.3. The maximum atomic E-state index is 15.0. The standard InChI is InChI=1S/C66H91N13O16S2/c1-5-39(2)55-64(91)71-48(26-31-97-4)63(90)78-79-66(93)69-35-52(61(88)73-50(59(86)72-51(60(87)76-55)32-43-14-10-7-11-15-43)34-44-20-18-42(19-21-44)17-16-41-12-8-6-9-13-41)74-65(92)56(40(3)81)77-62(89)53(36-80)75-58(85)49(33-45-22-24-46(82)25-23-45)70-54(83)37-95-30-29-94-28-27-68-57(84)47(67)38-96/h6-15,18-25,39-40,47-53,55-56,80-82,96H,5,16-17,26-38,67H2,1-4H3,(H,68,84)(H,70,83)(H,71,91)(H,72,86)(H,73,88)(H,74,92)(H,75,85)(H,76,87)(H,77,89)(H,78,90)(H2,69,79,93)/t39?,40?,47-,48-,49-,50-,51-,52-,53-,55-,56-/m0/s1. The van der Waals surface area contributed by atoms with Crippen molar-refractivity contribution in [2.45, 2.75) is 126 Å². The molecule has 4 aromatic carbocycles. The van der Waals surface area contributed by atoms with E-state index in [-0.39, 0.29) is 63.6 Å². The third-order valence-electron chi connectivity index (χ3n) is 15.6. The number of aliphatic hydroxyl groups is 2. The Balaban J connectivity index is 1.42. The third-order valence-corrected chi connectivity index (χ3v) is 16.6. The highest BCUT2D eigenvalue weighted by molar-refractivity contribution is 7.98. The molecule has 1 saturated heterocycles. The molecule has 0 aliphatic carbocycles. The van der Waals surface area contributed by atoms with Crippen LogP contribution in [0.2, 0.25) is 0 Å². The molecule has 0 radical (unpaired) electrons. The van der Waals surface area contributed by atoms with Crippen LogP contribution in [0.15, 0.2) is 109 Å². The van der Waals surface area contributed by atoms with Gasteiger partial charge >= 0.3 is 6.03 Å². The molecule has 0 bridgehead atoms. The monoisotopic (exact) mass is 1390 g/mol. The van der Waals surface area contributed by atoms with Crippen molar-refractivity contribution in [3.8, 4) is 5.75 Å². The van der Waals surface area contributed by atoms with E-state index in [0.717, 1.165) is 24.5 Å². The van der Waals surface area contributed by atoms with E-state index in [2.05, 4.69) is 76.6 Å². The number of thioether (sulfide) groups is 1. The molecule has 1 aliphatic rings. The van der Waals surface area contributed by atoms with Crippen molar-refractivity contribution in [2.24, 2.45) is 11.7 Å². The van der Waals surface area contributed by atoms with Crippen LogP contribution < -0.4 is 69.8 Å². The maximum absolute atomic E-state index is 15.0. The fourth-order valence-corrected chi connectivity index (χ4v) is 10.4.